The highest BCUT2D eigenvalue weighted by molar-refractivity contribution is 4.97. The maximum absolute atomic E-state index is 3.93. The molecule has 98 valence electrons. The van der Waals surface area contributed by atoms with Crippen molar-refractivity contribution in [3.8, 4) is 0 Å². The number of rotatable bonds is 3. The molecule has 0 amide bonds. The molecule has 3 aliphatic rings. The molecule has 3 rings (SSSR count). The molecule has 2 unspecified atom stereocenters. The summed E-state index contributed by atoms with van der Waals surface area (Å²) in [6.45, 7) is 2.45. The van der Waals surface area contributed by atoms with Gasteiger partial charge in [-0.3, -0.25) is 0 Å². The fourth-order valence-corrected chi connectivity index (χ4v) is 4.52. The summed E-state index contributed by atoms with van der Waals surface area (Å²) in [7, 11) is 0. The van der Waals surface area contributed by atoms with E-state index >= 15 is 0 Å². The molecule has 1 heterocycles. The summed E-state index contributed by atoms with van der Waals surface area (Å²) in [6.07, 6.45) is 14.6. The molecule has 0 bridgehead atoms. The van der Waals surface area contributed by atoms with Gasteiger partial charge < -0.3 is 10.6 Å². The maximum Gasteiger partial charge on any atom is 0.0193 e. The van der Waals surface area contributed by atoms with Crippen molar-refractivity contribution in [1.29, 1.82) is 0 Å². The van der Waals surface area contributed by atoms with Crippen LogP contribution in [-0.4, -0.2) is 25.2 Å². The van der Waals surface area contributed by atoms with Gasteiger partial charge in [-0.1, -0.05) is 25.7 Å². The van der Waals surface area contributed by atoms with Gasteiger partial charge in [-0.05, 0) is 50.5 Å². The van der Waals surface area contributed by atoms with E-state index in [-0.39, 0.29) is 0 Å². The molecular formula is C15H28N2. The van der Waals surface area contributed by atoms with Crippen LogP contribution in [-0.2, 0) is 0 Å². The fraction of sp³-hybridized carbons (Fsp3) is 1.00. The molecule has 0 aromatic heterocycles. The van der Waals surface area contributed by atoms with Gasteiger partial charge in [-0.2, -0.15) is 0 Å². The van der Waals surface area contributed by atoms with E-state index < -0.39 is 0 Å². The van der Waals surface area contributed by atoms with Gasteiger partial charge in [0.05, 0.1) is 0 Å². The largest absolute Gasteiger partial charge is 0.313 e. The van der Waals surface area contributed by atoms with Crippen molar-refractivity contribution in [3.05, 3.63) is 0 Å². The quantitative estimate of drug-likeness (QED) is 0.787. The van der Waals surface area contributed by atoms with Crippen molar-refractivity contribution in [1.82, 2.24) is 10.6 Å². The van der Waals surface area contributed by atoms with Gasteiger partial charge in [-0.15, -0.1) is 0 Å². The van der Waals surface area contributed by atoms with Crippen molar-refractivity contribution in [2.75, 3.05) is 13.1 Å². The molecule has 1 aliphatic heterocycles. The van der Waals surface area contributed by atoms with Gasteiger partial charge in [0.25, 0.3) is 0 Å². The highest BCUT2D eigenvalue weighted by atomic mass is 15.0. The molecule has 0 aromatic carbocycles. The minimum atomic E-state index is 0.705. The smallest absolute Gasteiger partial charge is 0.0193 e. The Kier molecular flexibility index (Phi) is 3.72. The lowest BCUT2D eigenvalue weighted by Crippen LogP contribution is -2.49. The summed E-state index contributed by atoms with van der Waals surface area (Å²) >= 11 is 0. The Balaban J connectivity index is 1.55. The average molecular weight is 236 g/mol. The van der Waals surface area contributed by atoms with E-state index in [0.717, 1.165) is 12.1 Å². The van der Waals surface area contributed by atoms with Crippen molar-refractivity contribution in [3.63, 3.8) is 0 Å². The lowest BCUT2D eigenvalue weighted by atomic mass is 9.69. The van der Waals surface area contributed by atoms with Crippen molar-refractivity contribution in [2.24, 2.45) is 5.41 Å². The van der Waals surface area contributed by atoms with Crippen LogP contribution in [0.4, 0.5) is 0 Å². The summed E-state index contributed by atoms with van der Waals surface area (Å²) < 4.78 is 0. The minimum Gasteiger partial charge on any atom is -0.313 e. The molecule has 2 N–H and O–H groups in total. The van der Waals surface area contributed by atoms with Gasteiger partial charge in [0.1, 0.15) is 0 Å². The Morgan fingerprint density at radius 3 is 2.41 bits per heavy atom. The first kappa shape index (κ1) is 12.0. The van der Waals surface area contributed by atoms with E-state index in [2.05, 4.69) is 10.6 Å². The summed E-state index contributed by atoms with van der Waals surface area (Å²) in [4.78, 5) is 0. The molecule has 2 saturated carbocycles. The normalized spacial score (nSPS) is 36.7. The first-order valence-electron chi connectivity index (χ1n) is 7.86. The van der Waals surface area contributed by atoms with E-state index in [1.54, 1.807) is 0 Å². The number of hydrogen-bond donors (Lipinski definition) is 2. The van der Waals surface area contributed by atoms with Gasteiger partial charge in [0.2, 0.25) is 0 Å². The molecule has 0 aromatic rings. The van der Waals surface area contributed by atoms with Gasteiger partial charge in [0.15, 0.2) is 0 Å². The van der Waals surface area contributed by atoms with Crippen LogP contribution in [0, 0.1) is 5.41 Å². The van der Waals surface area contributed by atoms with E-state index in [9.17, 15) is 0 Å². The molecule has 2 nitrogen and oxygen atoms in total. The highest BCUT2D eigenvalue weighted by Crippen LogP contribution is 2.48. The zero-order chi connectivity index (χ0) is 11.6. The molecule has 1 spiro atoms. The zero-order valence-electron chi connectivity index (χ0n) is 11.1. The minimum absolute atomic E-state index is 0.705. The third kappa shape index (κ3) is 2.53. The van der Waals surface area contributed by atoms with Crippen molar-refractivity contribution >= 4 is 0 Å². The van der Waals surface area contributed by atoms with Crippen LogP contribution in [0.25, 0.3) is 0 Å². The monoisotopic (exact) mass is 236 g/mol. The topological polar surface area (TPSA) is 24.1 Å². The number of nitrogens with one attached hydrogen (secondary N) is 2. The second-order valence-electron chi connectivity index (χ2n) is 6.57. The van der Waals surface area contributed by atoms with Crippen LogP contribution in [0.5, 0.6) is 0 Å². The first-order valence-corrected chi connectivity index (χ1v) is 7.86. The lowest BCUT2D eigenvalue weighted by Gasteiger charge is -2.42. The molecule has 0 radical (unpaired) electrons. The Labute approximate surface area is 106 Å². The molecular weight excluding hydrogens is 208 g/mol. The van der Waals surface area contributed by atoms with Gasteiger partial charge in [-0.25, -0.2) is 0 Å². The van der Waals surface area contributed by atoms with E-state index in [4.69, 9.17) is 0 Å². The van der Waals surface area contributed by atoms with Crippen LogP contribution in [0.15, 0.2) is 0 Å². The van der Waals surface area contributed by atoms with E-state index in [1.165, 1.54) is 77.3 Å². The predicted octanol–water partition coefficient (Wildman–Crippen LogP) is 2.83. The second-order valence-corrected chi connectivity index (χ2v) is 6.57. The Morgan fingerprint density at radius 2 is 1.71 bits per heavy atom. The third-order valence-corrected chi connectivity index (χ3v) is 5.53. The van der Waals surface area contributed by atoms with Crippen LogP contribution in [0.2, 0.25) is 0 Å². The van der Waals surface area contributed by atoms with Crippen LogP contribution in [0.3, 0.4) is 0 Å². The Hall–Kier alpha value is -0.0800. The second kappa shape index (κ2) is 5.27. The summed E-state index contributed by atoms with van der Waals surface area (Å²) in [5, 5.41) is 7.55. The summed E-state index contributed by atoms with van der Waals surface area (Å²) in [5.41, 5.74) is 0.705. The van der Waals surface area contributed by atoms with Gasteiger partial charge in [0, 0.05) is 18.6 Å². The highest BCUT2D eigenvalue weighted by Gasteiger charge is 2.42. The van der Waals surface area contributed by atoms with Crippen molar-refractivity contribution in [2.45, 2.75) is 76.3 Å². The Morgan fingerprint density at radius 1 is 0.941 bits per heavy atom. The average Bonchev–Trinajstić information content (AvgIpc) is 3.00. The standard InChI is InChI=1S/C15H28N2/c1-2-8-15(9-3-4-10-15)14(7-1)17-12-13-6-5-11-16-13/h13-14,16-17H,1-12H2. The van der Waals surface area contributed by atoms with E-state index in [0.29, 0.717) is 5.41 Å². The summed E-state index contributed by atoms with van der Waals surface area (Å²) in [6, 6.07) is 1.59. The number of hydrogen-bond acceptors (Lipinski definition) is 2. The SMILES string of the molecule is C1CNC(CNC2CCCCC23CCCC3)C1. The third-order valence-electron chi connectivity index (χ3n) is 5.53. The lowest BCUT2D eigenvalue weighted by molar-refractivity contribution is 0.129. The van der Waals surface area contributed by atoms with Crippen LogP contribution >= 0.6 is 0 Å². The van der Waals surface area contributed by atoms with Crippen LogP contribution in [0.1, 0.15) is 64.2 Å². The molecule has 2 aliphatic carbocycles. The van der Waals surface area contributed by atoms with E-state index in [1.807, 2.05) is 0 Å². The molecule has 1 saturated heterocycles. The summed E-state index contributed by atoms with van der Waals surface area (Å²) in [5.74, 6) is 0. The maximum atomic E-state index is 3.93. The molecule has 17 heavy (non-hydrogen) atoms. The zero-order valence-corrected chi connectivity index (χ0v) is 11.1. The van der Waals surface area contributed by atoms with Crippen molar-refractivity contribution < 1.29 is 0 Å². The molecule has 2 atom stereocenters. The molecule has 3 fully saturated rings. The fourth-order valence-electron chi connectivity index (χ4n) is 4.52. The van der Waals surface area contributed by atoms with Crippen LogP contribution < -0.4 is 10.6 Å². The Bertz CT molecular complexity index is 239. The van der Waals surface area contributed by atoms with Gasteiger partial charge >= 0.3 is 0 Å². The predicted molar refractivity (Wildman–Crippen MR) is 72.2 cm³/mol. The first-order chi connectivity index (χ1) is 8.39. The molecule has 2 heteroatoms.